The van der Waals surface area contributed by atoms with Crippen molar-refractivity contribution >= 4 is 17.9 Å². The van der Waals surface area contributed by atoms with Crippen molar-refractivity contribution in [2.75, 3.05) is 20.3 Å². The zero-order valence-corrected chi connectivity index (χ0v) is 30.5. The molecule has 4 aliphatic heterocycles. The Labute approximate surface area is 315 Å². The molecule has 4 heterocycles. The lowest BCUT2D eigenvalue weighted by Gasteiger charge is -2.43. The smallest absolute Gasteiger partial charge is 0.337 e. The van der Waals surface area contributed by atoms with Crippen molar-refractivity contribution < 1.29 is 97.9 Å². The summed E-state index contributed by atoms with van der Waals surface area (Å²) in [6.45, 7) is 3.37. The number of methoxy groups -OCH3 is 1. The summed E-state index contributed by atoms with van der Waals surface area (Å²) < 4.78 is 51.3. The summed E-state index contributed by atoms with van der Waals surface area (Å²) in [5.41, 5.74) is 0.213. The highest BCUT2D eigenvalue weighted by molar-refractivity contribution is 5.90. The van der Waals surface area contributed by atoms with E-state index < -0.39 is 153 Å². The normalized spacial score (nSPS) is 46.5. The monoisotopic (exact) mass is 790 g/mol. The quantitative estimate of drug-likeness (QED) is 0.0793. The summed E-state index contributed by atoms with van der Waals surface area (Å²) >= 11 is 0. The minimum Gasteiger partial charge on any atom is -0.472 e. The highest BCUT2D eigenvalue weighted by Gasteiger charge is 2.57. The van der Waals surface area contributed by atoms with Gasteiger partial charge >= 0.3 is 17.9 Å². The molecule has 4 fully saturated rings. The van der Waals surface area contributed by atoms with Gasteiger partial charge in [-0.1, -0.05) is 13.8 Å². The van der Waals surface area contributed by atoms with E-state index >= 15 is 0 Å². The molecule has 2 saturated heterocycles. The highest BCUT2D eigenvalue weighted by Crippen LogP contribution is 2.51. The third-order valence-corrected chi connectivity index (χ3v) is 11.8. The fourth-order valence-corrected chi connectivity index (χ4v) is 8.77. The average molecular weight is 791 g/mol. The third-order valence-electron chi connectivity index (χ3n) is 11.8. The maximum Gasteiger partial charge on any atom is 0.337 e. The van der Waals surface area contributed by atoms with Gasteiger partial charge < -0.3 is 83.5 Å². The molecule has 0 aromatic rings. The van der Waals surface area contributed by atoms with Gasteiger partial charge in [0.15, 0.2) is 12.6 Å². The number of hydrogen-bond donors (Lipinski definition) is 8. The Morgan fingerprint density at radius 2 is 1.05 bits per heavy atom. The van der Waals surface area contributed by atoms with Crippen molar-refractivity contribution in [1.29, 1.82) is 0 Å². The lowest BCUT2D eigenvalue weighted by molar-refractivity contribution is -0.343. The largest absolute Gasteiger partial charge is 0.472 e. The van der Waals surface area contributed by atoms with E-state index in [4.69, 9.17) is 42.6 Å². The van der Waals surface area contributed by atoms with Gasteiger partial charge in [-0.15, -0.1) is 0 Å². The first-order valence-electron chi connectivity index (χ1n) is 18.2. The molecule has 6 aliphatic rings. The number of ether oxygens (including phenoxy) is 9. The van der Waals surface area contributed by atoms with E-state index in [1.54, 1.807) is 13.8 Å². The molecule has 2 aliphatic carbocycles. The van der Waals surface area contributed by atoms with Crippen LogP contribution in [0.25, 0.3) is 0 Å². The summed E-state index contributed by atoms with van der Waals surface area (Å²) in [7, 11) is 1.19. The second kappa shape index (κ2) is 16.9. The molecule has 20 nitrogen and oxygen atoms in total. The Morgan fingerprint density at radius 3 is 1.45 bits per heavy atom. The Hall–Kier alpha value is -2.99. The second-order valence-corrected chi connectivity index (χ2v) is 15.0. The summed E-state index contributed by atoms with van der Waals surface area (Å²) in [6, 6.07) is 0. The van der Waals surface area contributed by atoms with Gasteiger partial charge in [-0.3, -0.25) is 4.79 Å². The van der Waals surface area contributed by atoms with Crippen LogP contribution < -0.4 is 0 Å². The van der Waals surface area contributed by atoms with Gasteiger partial charge in [0.1, 0.15) is 61.0 Å². The van der Waals surface area contributed by atoms with E-state index in [0.717, 1.165) is 12.5 Å². The first-order chi connectivity index (χ1) is 26.1. The van der Waals surface area contributed by atoms with Crippen molar-refractivity contribution in [2.24, 2.45) is 35.5 Å². The van der Waals surface area contributed by atoms with Gasteiger partial charge in [0, 0.05) is 42.4 Å². The minimum atomic E-state index is -1.74. The van der Waals surface area contributed by atoms with E-state index in [9.17, 15) is 55.2 Å². The second-order valence-electron chi connectivity index (χ2n) is 15.0. The van der Waals surface area contributed by atoms with Gasteiger partial charge in [-0.25, -0.2) is 9.59 Å². The predicted octanol–water partition coefficient (Wildman–Crippen LogP) is -3.34. The van der Waals surface area contributed by atoms with Crippen molar-refractivity contribution in [3.63, 3.8) is 0 Å². The summed E-state index contributed by atoms with van der Waals surface area (Å²) in [5.74, 6) is -5.81. The minimum absolute atomic E-state index is 0.0799. The highest BCUT2D eigenvalue weighted by atomic mass is 16.8. The van der Waals surface area contributed by atoms with E-state index in [1.165, 1.54) is 14.0 Å². The van der Waals surface area contributed by atoms with Crippen LogP contribution in [0, 0.1) is 35.5 Å². The number of carbonyl (C=O) groups is 3. The van der Waals surface area contributed by atoms with Gasteiger partial charge in [-0.2, -0.15) is 0 Å². The number of aliphatic hydroxyl groups is 8. The zero-order chi connectivity index (χ0) is 40.0. The van der Waals surface area contributed by atoms with Gasteiger partial charge in [-0.05, 0) is 12.8 Å². The molecule has 6 rings (SSSR count). The van der Waals surface area contributed by atoms with Crippen LogP contribution in [0.1, 0.15) is 33.6 Å². The van der Waals surface area contributed by atoms with Gasteiger partial charge in [0.2, 0.25) is 12.6 Å². The molecule has 0 bridgehead atoms. The number of carbonyl (C=O) groups excluding carboxylic acids is 3. The van der Waals surface area contributed by atoms with Crippen molar-refractivity contribution in [3.8, 4) is 0 Å². The lowest BCUT2D eigenvalue weighted by Crippen LogP contribution is -2.60. The van der Waals surface area contributed by atoms with Gasteiger partial charge in [0.05, 0.1) is 44.0 Å². The fourth-order valence-electron chi connectivity index (χ4n) is 8.77. The predicted molar refractivity (Wildman–Crippen MR) is 175 cm³/mol. The van der Waals surface area contributed by atoms with Crippen LogP contribution in [-0.2, 0) is 57.0 Å². The summed E-state index contributed by atoms with van der Waals surface area (Å²) in [6.07, 6.45) is -17.2. The van der Waals surface area contributed by atoms with Crippen molar-refractivity contribution in [1.82, 2.24) is 0 Å². The molecule has 0 aromatic heterocycles. The number of esters is 3. The van der Waals surface area contributed by atoms with Crippen LogP contribution in [0.4, 0.5) is 0 Å². The molecule has 0 amide bonds. The molecule has 0 spiro atoms. The molecule has 2 saturated carbocycles. The molecule has 8 N–H and O–H groups in total. The first-order valence-corrected chi connectivity index (χ1v) is 18.2. The first kappa shape index (κ1) is 41.6. The lowest BCUT2D eigenvalue weighted by atomic mass is 9.83. The molecular weight excluding hydrogens is 740 g/mol. The Kier molecular flexibility index (Phi) is 12.8. The van der Waals surface area contributed by atoms with Crippen LogP contribution in [0.5, 0.6) is 0 Å². The Morgan fingerprint density at radius 1 is 0.636 bits per heavy atom. The van der Waals surface area contributed by atoms with Crippen molar-refractivity contribution in [3.05, 3.63) is 23.7 Å². The molecule has 20 atom stereocenters. The van der Waals surface area contributed by atoms with Gasteiger partial charge in [0.25, 0.3) is 0 Å². The zero-order valence-electron chi connectivity index (χ0n) is 30.5. The van der Waals surface area contributed by atoms with Crippen LogP contribution in [0.2, 0.25) is 0 Å². The number of aliphatic hydroxyl groups excluding tert-OH is 8. The average Bonchev–Trinajstić information content (AvgIpc) is 3.66. The number of fused-ring (bicyclic) bond motifs is 2. The maximum absolute atomic E-state index is 14.1. The van der Waals surface area contributed by atoms with Crippen LogP contribution in [-0.4, -0.2) is 165 Å². The van der Waals surface area contributed by atoms with Crippen LogP contribution in [0.3, 0.4) is 0 Å². The standard InChI is InChI=1S/C35H50O20/c1-11-18(50-13(3)38)5-15-17(10-49-32(22(11)15)54-34-28(43)26(41)24(39)20(7-36)52-34)31(46)51-19-6-14-16(30(45)47-4)9-48-33(23(14)12(19)2)55-35-29(44)27(42)25(40)21(8-37)53-35/h9-12,14-15,18-29,32-37,39-44H,5-8H2,1-4H3/t11-,12-,14+,15+,18-,19-,20+,21+,22+,23+,24+,25+,26-,27-,28+,29+,32-,33-,34-,35-/m1/s1. The molecule has 0 aromatic carbocycles. The molecule has 310 valence electrons. The molecule has 0 radical (unpaired) electrons. The fraction of sp³-hybridized carbons (Fsp3) is 0.800. The maximum atomic E-state index is 14.1. The molecular formula is C35H50O20. The SMILES string of the molecule is COC(=O)C1=CO[C@H](O[C@H]2O[C@@H](CO)[C@H](O)[C@@H](O)[C@@H]2O)[C@H]2[C@H](C)[C@H](OC(=O)C3=CO[C@H](O[C@H]4O[C@@H](CO)[C@H](O)[C@@H](O)[C@@H]4O)[C@H]4[C@H](C)[C@H](OC(C)=O)C[C@@H]34)C[C@@H]12. The van der Waals surface area contributed by atoms with Crippen LogP contribution in [0.15, 0.2) is 23.7 Å². The topological polar surface area (TPSA) is 296 Å². The number of rotatable bonds is 10. The van der Waals surface area contributed by atoms with Crippen LogP contribution >= 0.6 is 0 Å². The third kappa shape index (κ3) is 7.84. The Bertz CT molecular complexity index is 1470. The van der Waals surface area contributed by atoms with E-state index in [2.05, 4.69) is 0 Å². The molecule has 20 heteroatoms. The summed E-state index contributed by atoms with van der Waals surface area (Å²) in [4.78, 5) is 38.9. The molecule has 55 heavy (non-hydrogen) atoms. The van der Waals surface area contributed by atoms with E-state index in [-0.39, 0.29) is 24.0 Å². The number of hydrogen-bond acceptors (Lipinski definition) is 20. The van der Waals surface area contributed by atoms with E-state index in [0.29, 0.717) is 0 Å². The van der Waals surface area contributed by atoms with Crippen molar-refractivity contribution in [2.45, 2.75) is 120 Å². The Balaban J connectivity index is 1.21. The summed E-state index contributed by atoms with van der Waals surface area (Å²) in [5, 5.41) is 81.5. The van der Waals surface area contributed by atoms with E-state index in [1.807, 2.05) is 0 Å². The molecule has 0 unspecified atom stereocenters.